The highest BCUT2D eigenvalue weighted by Crippen LogP contribution is 2.42. The van der Waals surface area contributed by atoms with Crippen LogP contribution in [0.25, 0.3) is 91.5 Å². The van der Waals surface area contributed by atoms with E-state index in [0.29, 0.717) is 0 Å². The molecule has 0 aliphatic heterocycles. The molecule has 12 rings (SSSR count). The van der Waals surface area contributed by atoms with E-state index in [2.05, 4.69) is 228 Å². The highest BCUT2D eigenvalue weighted by Gasteiger charge is 2.17. The van der Waals surface area contributed by atoms with Gasteiger partial charge in [-0.1, -0.05) is 146 Å². The van der Waals surface area contributed by atoms with Crippen LogP contribution in [-0.2, 0) is 0 Å². The van der Waals surface area contributed by atoms with E-state index >= 15 is 0 Å². The van der Waals surface area contributed by atoms with Gasteiger partial charge in [-0.2, -0.15) is 0 Å². The smallest absolute Gasteiger partial charge is 0.0547 e. The van der Waals surface area contributed by atoms with Gasteiger partial charge in [-0.05, 0) is 117 Å². The van der Waals surface area contributed by atoms with Crippen molar-refractivity contribution in [3.8, 4) is 27.9 Å². The number of aromatic nitrogens is 1. The first kappa shape index (κ1) is 33.7. The summed E-state index contributed by atoms with van der Waals surface area (Å²) >= 11 is 1.86. The van der Waals surface area contributed by atoms with E-state index in [1.165, 1.54) is 85.8 Å². The molecular weight excluding hydrogens is 733 g/mol. The van der Waals surface area contributed by atoms with Crippen LogP contribution in [0.15, 0.2) is 218 Å². The van der Waals surface area contributed by atoms with Crippen molar-refractivity contribution in [1.29, 1.82) is 0 Å². The van der Waals surface area contributed by atoms with Gasteiger partial charge in [0, 0.05) is 53.7 Å². The Morgan fingerprint density at radius 1 is 0.322 bits per heavy atom. The topological polar surface area (TPSA) is 8.17 Å². The number of hydrogen-bond donors (Lipinski definition) is 0. The summed E-state index contributed by atoms with van der Waals surface area (Å²) in [6.45, 7) is 0. The normalized spacial score (nSPS) is 11.7. The number of fused-ring (bicyclic) bond motifs is 8. The summed E-state index contributed by atoms with van der Waals surface area (Å²) in [6.07, 6.45) is 0. The fourth-order valence-electron chi connectivity index (χ4n) is 9.11. The zero-order valence-corrected chi connectivity index (χ0v) is 32.9. The molecule has 0 spiro atoms. The van der Waals surface area contributed by atoms with E-state index in [4.69, 9.17) is 0 Å². The maximum atomic E-state index is 2.40. The standard InChI is InChI=1S/C56H36N2S/c1-2-12-42-35-54-52(34-41(42)11-1)49-15-5-7-18-53(49)58(54)45-28-22-38(23-29-45)37-20-26-43(27-21-37)57(46-32-33-51-50-16-6-8-19-55(50)59-56(51)36-46)44-30-24-40(25-31-44)48-17-9-13-39-10-3-4-14-47(39)48/h1-36H. The quantitative estimate of drug-likeness (QED) is 0.164. The first-order valence-electron chi connectivity index (χ1n) is 20.2. The van der Waals surface area contributed by atoms with Crippen molar-refractivity contribution >= 4 is 91.9 Å². The second kappa shape index (κ2) is 13.6. The number of rotatable bonds is 6. The lowest BCUT2D eigenvalue weighted by Crippen LogP contribution is -2.09. The molecule has 276 valence electrons. The molecule has 0 saturated heterocycles. The molecule has 0 fully saturated rings. The molecule has 10 aromatic carbocycles. The Bertz CT molecular complexity index is 3530. The van der Waals surface area contributed by atoms with Gasteiger partial charge in [0.05, 0.1) is 11.0 Å². The van der Waals surface area contributed by atoms with Gasteiger partial charge in [-0.15, -0.1) is 11.3 Å². The van der Waals surface area contributed by atoms with E-state index in [1.807, 2.05) is 11.3 Å². The van der Waals surface area contributed by atoms with Crippen LogP contribution in [0.5, 0.6) is 0 Å². The third-order valence-electron chi connectivity index (χ3n) is 12.0. The van der Waals surface area contributed by atoms with Crippen molar-refractivity contribution in [3.05, 3.63) is 218 Å². The first-order chi connectivity index (χ1) is 29.2. The second-order valence-corrected chi connectivity index (χ2v) is 16.4. The van der Waals surface area contributed by atoms with Gasteiger partial charge in [-0.25, -0.2) is 0 Å². The molecule has 0 N–H and O–H groups in total. The van der Waals surface area contributed by atoms with Crippen molar-refractivity contribution in [3.63, 3.8) is 0 Å². The Balaban J connectivity index is 0.923. The molecule has 2 heterocycles. The minimum absolute atomic E-state index is 1.11. The highest BCUT2D eigenvalue weighted by atomic mass is 32.1. The van der Waals surface area contributed by atoms with Gasteiger partial charge in [0.25, 0.3) is 0 Å². The van der Waals surface area contributed by atoms with E-state index in [0.717, 1.165) is 22.7 Å². The van der Waals surface area contributed by atoms with E-state index in [1.54, 1.807) is 0 Å². The SMILES string of the molecule is c1ccc2cc3c(cc2c1)c1ccccc1n3-c1ccc(-c2ccc(N(c3ccc(-c4cccc5ccccc45)cc3)c3ccc4c(c3)sc3ccccc34)cc2)cc1. The van der Waals surface area contributed by atoms with Crippen molar-refractivity contribution < 1.29 is 0 Å². The highest BCUT2D eigenvalue weighted by molar-refractivity contribution is 7.25. The summed E-state index contributed by atoms with van der Waals surface area (Å²) in [5, 5.41) is 10.2. The minimum Gasteiger partial charge on any atom is -0.310 e. The summed E-state index contributed by atoms with van der Waals surface area (Å²) < 4.78 is 5.00. The van der Waals surface area contributed by atoms with E-state index < -0.39 is 0 Å². The molecule has 0 bridgehead atoms. The molecule has 0 aliphatic carbocycles. The Morgan fingerprint density at radius 3 is 1.64 bits per heavy atom. The van der Waals surface area contributed by atoms with Crippen LogP contribution in [0.3, 0.4) is 0 Å². The van der Waals surface area contributed by atoms with Crippen LogP contribution in [-0.4, -0.2) is 4.57 Å². The van der Waals surface area contributed by atoms with Crippen LogP contribution < -0.4 is 4.90 Å². The van der Waals surface area contributed by atoms with E-state index in [9.17, 15) is 0 Å². The zero-order valence-electron chi connectivity index (χ0n) is 32.1. The molecule has 59 heavy (non-hydrogen) atoms. The van der Waals surface area contributed by atoms with Crippen LogP contribution in [0.4, 0.5) is 17.1 Å². The first-order valence-corrected chi connectivity index (χ1v) is 21.0. The Morgan fingerprint density at radius 2 is 0.881 bits per heavy atom. The Hall–Kier alpha value is -7.46. The number of benzene rings is 10. The zero-order chi connectivity index (χ0) is 38.9. The minimum atomic E-state index is 1.11. The van der Waals surface area contributed by atoms with Gasteiger partial charge >= 0.3 is 0 Å². The molecule has 0 aliphatic rings. The number of anilines is 3. The monoisotopic (exact) mass is 768 g/mol. The fourth-order valence-corrected chi connectivity index (χ4v) is 10.2. The molecule has 0 amide bonds. The van der Waals surface area contributed by atoms with Crippen LogP contribution in [0, 0.1) is 0 Å². The summed E-state index contributed by atoms with van der Waals surface area (Å²) in [7, 11) is 0. The van der Waals surface area contributed by atoms with Crippen molar-refractivity contribution in [1.82, 2.24) is 4.57 Å². The average Bonchev–Trinajstić information content (AvgIpc) is 3.83. The molecular formula is C56H36N2S. The molecule has 2 nitrogen and oxygen atoms in total. The number of thiophene rings is 1. The number of nitrogens with zero attached hydrogens (tertiary/aromatic N) is 2. The van der Waals surface area contributed by atoms with Crippen LogP contribution >= 0.6 is 11.3 Å². The lowest BCUT2D eigenvalue weighted by atomic mass is 9.98. The van der Waals surface area contributed by atoms with Gasteiger partial charge in [-0.3, -0.25) is 0 Å². The Kier molecular flexibility index (Phi) is 7.75. The molecule has 0 atom stereocenters. The lowest BCUT2D eigenvalue weighted by Gasteiger charge is -2.26. The molecule has 0 saturated carbocycles. The van der Waals surface area contributed by atoms with Gasteiger partial charge in [0.15, 0.2) is 0 Å². The molecule has 0 unspecified atom stereocenters. The fraction of sp³-hybridized carbons (Fsp3) is 0. The van der Waals surface area contributed by atoms with Crippen molar-refractivity contribution in [2.24, 2.45) is 0 Å². The second-order valence-electron chi connectivity index (χ2n) is 15.4. The lowest BCUT2D eigenvalue weighted by molar-refractivity contribution is 1.18. The third kappa shape index (κ3) is 5.62. The van der Waals surface area contributed by atoms with E-state index in [-0.39, 0.29) is 0 Å². The van der Waals surface area contributed by atoms with Crippen molar-refractivity contribution in [2.75, 3.05) is 4.90 Å². The number of para-hydroxylation sites is 1. The maximum absolute atomic E-state index is 2.40. The summed E-state index contributed by atoms with van der Waals surface area (Å²) in [4.78, 5) is 2.38. The summed E-state index contributed by atoms with van der Waals surface area (Å²) in [6, 6.07) is 80.0. The predicted octanol–water partition coefficient (Wildman–Crippen LogP) is 16.3. The molecule has 2 aromatic heterocycles. The third-order valence-corrected chi connectivity index (χ3v) is 13.1. The average molecular weight is 769 g/mol. The van der Waals surface area contributed by atoms with Gasteiger partial charge in [0.2, 0.25) is 0 Å². The maximum Gasteiger partial charge on any atom is 0.0547 e. The van der Waals surface area contributed by atoms with Crippen LogP contribution in [0.1, 0.15) is 0 Å². The molecule has 12 aromatic rings. The largest absolute Gasteiger partial charge is 0.310 e. The number of hydrogen-bond acceptors (Lipinski definition) is 2. The molecule has 0 radical (unpaired) electrons. The van der Waals surface area contributed by atoms with Gasteiger partial charge < -0.3 is 9.47 Å². The van der Waals surface area contributed by atoms with Crippen molar-refractivity contribution in [2.45, 2.75) is 0 Å². The predicted molar refractivity (Wildman–Crippen MR) is 254 cm³/mol. The summed E-state index contributed by atoms with van der Waals surface area (Å²) in [5.74, 6) is 0. The summed E-state index contributed by atoms with van der Waals surface area (Å²) in [5.41, 5.74) is 11.8. The molecule has 3 heteroatoms. The van der Waals surface area contributed by atoms with Gasteiger partial charge in [0.1, 0.15) is 0 Å². The Labute approximate surface area is 346 Å². The van der Waals surface area contributed by atoms with Crippen LogP contribution in [0.2, 0.25) is 0 Å².